The molecule has 5 N–H and O–H groups in total. The molecule has 0 fully saturated rings. The van der Waals surface area contributed by atoms with Gasteiger partial charge >= 0.3 is 0 Å². The Morgan fingerprint density at radius 3 is 2.65 bits per heavy atom. The second kappa shape index (κ2) is 8.39. The van der Waals surface area contributed by atoms with Crippen LogP contribution in [0.2, 0.25) is 0 Å². The Morgan fingerprint density at radius 1 is 1.53 bits per heavy atom. The fourth-order valence-corrected chi connectivity index (χ4v) is 1.64. The van der Waals surface area contributed by atoms with Crippen molar-refractivity contribution in [3.8, 4) is 0 Å². The van der Waals surface area contributed by atoms with Gasteiger partial charge in [0.1, 0.15) is 6.04 Å². The molecule has 0 aliphatic carbocycles. The van der Waals surface area contributed by atoms with E-state index in [1.165, 1.54) is 0 Å². The molecule has 0 aromatic heterocycles. The predicted molar refractivity (Wildman–Crippen MR) is 60.2 cm³/mol. The van der Waals surface area contributed by atoms with Crippen molar-refractivity contribution < 1.29 is 19.5 Å². The van der Waals surface area contributed by atoms with E-state index in [0.717, 1.165) is 11.8 Å². The number of nitrogens with two attached hydrogens (primary N) is 1. The molecule has 8 nitrogen and oxygen atoms in total. The Morgan fingerprint density at radius 2 is 2.18 bits per heavy atom. The summed E-state index contributed by atoms with van der Waals surface area (Å²) in [5, 5.41) is 21.5. The van der Waals surface area contributed by atoms with Crippen LogP contribution in [-0.4, -0.2) is 48.2 Å². The van der Waals surface area contributed by atoms with Gasteiger partial charge in [-0.15, -0.1) is 0 Å². The first-order valence-corrected chi connectivity index (χ1v) is 5.70. The van der Waals surface area contributed by atoms with Gasteiger partial charge in [0, 0.05) is 11.5 Å². The highest BCUT2D eigenvalue weighted by atomic mass is 32.2. The number of rotatable bonds is 9. The van der Waals surface area contributed by atoms with Crippen molar-refractivity contribution in [1.82, 2.24) is 10.6 Å². The van der Waals surface area contributed by atoms with Crippen LogP contribution in [0.1, 0.15) is 0 Å². The summed E-state index contributed by atoms with van der Waals surface area (Å²) in [4.78, 5) is 32.1. The molecule has 0 aromatic rings. The number of carbonyl (C=O) groups excluding carboxylic acids is 3. The van der Waals surface area contributed by atoms with E-state index in [-0.39, 0.29) is 18.1 Å². The van der Waals surface area contributed by atoms with Crippen molar-refractivity contribution in [1.29, 1.82) is 5.41 Å². The quantitative estimate of drug-likeness (QED) is 0.196. The fourth-order valence-electron chi connectivity index (χ4n) is 0.849. The van der Waals surface area contributed by atoms with Crippen LogP contribution in [0.3, 0.4) is 0 Å². The monoisotopic (exact) mass is 261 g/mol. The fraction of sp³-hybridized carbons (Fsp3) is 0.500. The Hall–Kier alpha value is -1.77. The minimum Gasteiger partial charge on any atom is -0.862 e. The van der Waals surface area contributed by atoms with Crippen molar-refractivity contribution >= 4 is 35.9 Å². The predicted octanol–water partition coefficient (Wildman–Crippen LogP) is -3.23. The van der Waals surface area contributed by atoms with Crippen LogP contribution < -0.4 is 21.5 Å². The highest BCUT2D eigenvalue weighted by Crippen LogP contribution is 2.02. The third-order valence-electron chi connectivity index (χ3n) is 1.54. The van der Waals surface area contributed by atoms with Crippen LogP contribution in [0.25, 0.3) is 0 Å². The zero-order valence-corrected chi connectivity index (χ0v) is 9.71. The van der Waals surface area contributed by atoms with Crippen LogP contribution >= 0.6 is 11.8 Å². The molecule has 0 heterocycles. The first-order chi connectivity index (χ1) is 7.97. The van der Waals surface area contributed by atoms with E-state index in [1.807, 2.05) is 0 Å². The second-order valence-electron chi connectivity index (χ2n) is 2.96. The standard InChI is InChI=1S/C8H14N4O4S/c9-6(14)1-11-8(16)5(12-4-13)2-17-3-7(10)15/h4-5H,1-3H2,(H2,9,14)(H2,10,15)(H,11,16)(H,12,13)/p-1/t5-/m0/s1. The highest BCUT2D eigenvalue weighted by Gasteiger charge is 2.17. The number of amides is 3. The van der Waals surface area contributed by atoms with E-state index in [0.29, 0.717) is 6.41 Å². The van der Waals surface area contributed by atoms with Crippen molar-refractivity contribution in [2.75, 3.05) is 18.1 Å². The van der Waals surface area contributed by atoms with E-state index in [2.05, 4.69) is 10.6 Å². The molecule has 0 bridgehead atoms. The molecule has 0 aromatic carbocycles. The average molecular weight is 261 g/mol. The molecular formula is C8H13N4O4S-. The second-order valence-corrected chi connectivity index (χ2v) is 3.99. The first-order valence-electron chi connectivity index (χ1n) is 4.55. The molecule has 17 heavy (non-hydrogen) atoms. The zero-order valence-electron chi connectivity index (χ0n) is 8.89. The molecule has 0 unspecified atom stereocenters. The summed E-state index contributed by atoms with van der Waals surface area (Å²) in [6.07, 6.45) is 0.345. The van der Waals surface area contributed by atoms with Crippen LogP contribution in [0.15, 0.2) is 0 Å². The Balaban J connectivity index is 4.10. The van der Waals surface area contributed by atoms with Crippen molar-refractivity contribution in [3.05, 3.63) is 0 Å². The van der Waals surface area contributed by atoms with Gasteiger partial charge in [0.2, 0.25) is 18.2 Å². The molecule has 0 aliphatic rings. The summed E-state index contributed by atoms with van der Waals surface area (Å²) < 4.78 is 0. The van der Waals surface area contributed by atoms with Crippen LogP contribution in [0.5, 0.6) is 0 Å². The lowest BCUT2D eigenvalue weighted by atomic mass is 10.3. The minimum absolute atomic E-state index is 0.0693. The number of primary amides is 1. The molecule has 1 atom stereocenters. The minimum atomic E-state index is -0.865. The Labute approximate surface area is 102 Å². The Kier molecular flexibility index (Phi) is 7.52. The van der Waals surface area contributed by atoms with Gasteiger partial charge in [0.25, 0.3) is 0 Å². The number of hydrogen-bond donors (Lipinski definition) is 4. The van der Waals surface area contributed by atoms with Crippen molar-refractivity contribution in [2.45, 2.75) is 6.04 Å². The normalized spacial score (nSPS) is 11.3. The third-order valence-corrected chi connectivity index (χ3v) is 2.58. The molecule has 96 valence electrons. The van der Waals surface area contributed by atoms with Crippen LogP contribution in [0, 0.1) is 5.41 Å². The smallest absolute Gasteiger partial charge is 0.243 e. The van der Waals surface area contributed by atoms with Crippen molar-refractivity contribution in [3.63, 3.8) is 0 Å². The van der Waals surface area contributed by atoms with E-state index in [9.17, 15) is 19.5 Å². The largest absolute Gasteiger partial charge is 0.862 e. The molecular weight excluding hydrogens is 248 g/mol. The SMILES string of the molecule is N=C([O-])CSC[C@H](NC=O)C(=O)NCC(N)=O. The number of carbonyl (C=O) groups is 3. The van der Waals surface area contributed by atoms with Gasteiger partial charge in [-0.05, 0) is 5.90 Å². The van der Waals surface area contributed by atoms with Gasteiger partial charge in [-0.2, -0.15) is 11.8 Å². The molecule has 0 radical (unpaired) electrons. The van der Waals surface area contributed by atoms with Crippen LogP contribution in [-0.2, 0) is 14.4 Å². The molecule has 3 amide bonds. The van der Waals surface area contributed by atoms with E-state index in [1.54, 1.807) is 0 Å². The molecule has 9 heteroatoms. The van der Waals surface area contributed by atoms with Gasteiger partial charge < -0.3 is 26.9 Å². The number of nitrogens with one attached hydrogen (secondary N) is 3. The topological polar surface area (TPSA) is 148 Å². The summed E-state index contributed by atoms with van der Waals surface area (Å²) in [6.45, 7) is -0.322. The summed E-state index contributed by atoms with van der Waals surface area (Å²) in [7, 11) is 0. The molecule has 0 saturated heterocycles. The van der Waals surface area contributed by atoms with Gasteiger partial charge in [-0.3, -0.25) is 14.4 Å². The lowest BCUT2D eigenvalue weighted by Gasteiger charge is -2.15. The average Bonchev–Trinajstić information content (AvgIpc) is 2.24. The molecule has 0 saturated carbocycles. The molecule has 0 rings (SSSR count). The number of hydrogen-bond acceptors (Lipinski definition) is 6. The number of thioether (sulfide) groups is 1. The maximum absolute atomic E-state index is 11.4. The summed E-state index contributed by atoms with van der Waals surface area (Å²) in [6, 6.07) is -0.865. The maximum Gasteiger partial charge on any atom is 0.243 e. The first kappa shape index (κ1) is 15.2. The summed E-state index contributed by atoms with van der Waals surface area (Å²) in [5.74, 6) is -1.97. The van der Waals surface area contributed by atoms with E-state index in [4.69, 9.17) is 11.1 Å². The van der Waals surface area contributed by atoms with Gasteiger partial charge in [-0.1, -0.05) is 0 Å². The maximum atomic E-state index is 11.4. The Bertz CT molecular complexity index is 310. The van der Waals surface area contributed by atoms with Crippen LogP contribution in [0.4, 0.5) is 0 Å². The van der Waals surface area contributed by atoms with Gasteiger partial charge in [0.15, 0.2) is 0 Å². The van der Waals surface area contributed by atoms with Gasteiger partial charge in [0.05, 0.1) is 6.54 Å². The summed E-state index contributed by atoms with van der Waals surface area (Å²) in [5.41, 5.74) is 4.84. The zero-order chi connectivity index (χ0) is 13.3. The van der Waals surface area contributed by atoms with Gasteiger partial charge in [-0.25, -0.2) is 0 Å². The van der Waals surface area contributed by atoms with Crippen molar-refractivity contribution in [2.24, 2.45) is 5.73 Å². The molecule has 0 aliphatic heterocycles. The molecule has 0 spiro atoms. The third kappa shape index (κ3) is 8.08. The van der Waals surface area contributed by atoms with E-state index >= 15 is 0 Å². The lowest BCUT2D eigenvalue weighted by Crippen LogP contribution is -2.47. The lowest BCUT2D eigenvalue weighted by molar-refractivity contribution is -0.216. The highest BCUT2D eigenvalue weighted by molar-refractivity contribution is 8.00. The van der Waals surface area contributed by atoms with E-state index < -0.39 is 23.8 Å². The summed E-state index contributed by atoms with van der Waals surface area (Å²) >= 11 is 1.04.